The van der Waals surface area contributed by atoms with Crippen molar-refractivity contribution in [1.82, 2.24) is 4.90 Å². The van der Waals surface area contributed by atoms with Crippen LogP contribution in [0, 0.1) is 11.8 Å². The van der Waals surface area contributed by atoms with E-state index in [1.165, 1.54) is 39.2 Å². The molecule has 2 fully saturated rings. The summed E-state index contributed by atoms with van der Waals surface area (Å²) in [4.78, 5) is 14.1. The first-order chi connectivity index (χ1) is 8.22. The Kier molecular flexibility index (Phi) is 4.43. The van der Waals surface area contributed by atoms with Gasteiger partial charge in [0.05, 0.1) is 13.0 Å². The van der Waals surface area contributed by atoms with Gasteiger partial charge in [-0.05, 0) is 45.2 Å². The minimum absolute atomic E-state index is 0.00101. The van der Waals surface area contributed by atoms with Gasteiger partial charge in [-0.15, -0.1) is 0 Å². The zero-order valence-electron chi connectivity index (χ0n) is 11.2. The first kappa shape index (κ1) is 12.9. The molecule has 1 aliphatic carbocycles. The fourth-order valence-electron chi connectivity index (χ4n) is 3.57. The molecular weight excluding hydrogens is 214 g/mol. The van der Waals surface area contributed by atoms with E-state index in [2.05, 4.69) is 11.9 Å². The maximum atomic E-state index is 11.7. The van der Waals surface area contributed by atoms with E-state index in [1.807, 2.05) is 0 Å². The lowest BCUT2D eigenvalue weighted by molar-refractivity contribution is -0.148. The Bertz CT molecular complexity index is 261. The average molecular weight is 239 g/mol. The Morgan fingerprint density at radius 1 is 1.18 bits per heavy atom. The zero-order valence-corrected chi connectivity index (χ0v) is 11.2. The minimum atomic E-state index is -0.00101. The number of hydrogen-bond donors (Lipinski definition) is 0. The van der Waals surface area contributed by atoms with E-state index in [-0.39, 0.29) is 11.9 Å². The van der Waals surface area contributed by atoms with Crippen LogP contribution in [0.5, 0.6) is 0 Å². The first-order valence-corrected chi connectivity index (χ1v) is 7.00. The third-order valence-electron chi connectivity index (χ3n) is 4.65. The Balaban J connectivity index is 1.96. The topological polar surface area (TPSA) is 29.5 Å². The van der Waals surface area contributed by atoms with Crippen LogP contribution in [-0.2, 0) is 9.53 Å². The first-order valence-electron chi connectivity index (χ1n) is 7.00. The predicted octanol–water partition coefficient (Wildman–Crippen LogP) is 2.45. The van der Waals surface area contributed by atoms with Crippen molar-refractivity contribution >= 4 is 5.97 Å². The second-order valence-electron chi connectivity index (χ2n) is 5.69. The molecule has 0 aromatic rings. The Morgan fingerprint density at radius 2 is 1.88 bits per heavy atom. The van der Waals surface area contributed by atoms with Gasteiger partial charge in [-0.3, -0.25) is 4.79 Å². The van der Waals surface area contributed by atoms with E-state index in [9.17, 15) is 4.79 Å². The summed E-state index contributed by atoms with van der Waals surface area (Å²) in [6.45, 7) is 1.04. The Morgan fingerprint density at radius 3 is 2.53 bits per heavy atom. The monoisotopic (exact) mass is 239 g/mol. The molecule has 1 saturated carbocycles. The summed E-state index contributed by atoms with van der Waals surface area (Å²) in [5.74, 6) is 0.947. The molecule has 0 spiro atoms. The molecule has 0 bridgehead atoms. The van der Waals surface area contributed by atoms with Gasteiger partial charge in [-0.1, -0.05) is 19.3 Å². The van der Waals surface area contributed by atoms with Gasteiger partial charge in [0, 0.05) is 6.04 Å². The van der Waals surface area contributed by atoms with E-state index >= 15 is 0 Å². The van der Waals surface area contributed by atoms with Crippen molar-refractivity contribution in [2.45, 2.75) is 51.0 Å². The van der Waals surface area contributed by atoms with Gasteiger partial charge in [-0.2, -0.15) is 0 Å². The fraction of sp³-hybridized carbons (Fsp3) is 0.929. The average Bonchev–Trinajstić information content (AvgIpc) is 2.39. The summed E-state index contributed by atoms with van der Waals surface area (Å²) in [6.07, 6.45) is 8.81. The maximum Gasteiger partial charge on any atom is 0.308 e. The predicted molar refractivity (Wildman–Crippen MR) is 67.7 cm³/mol. The molecule has 0 amide bonds. The van der Waals surface area contributed by atoms with Crippen LogP contribution >= 0.6 is 0 Å². The lowest BCUT2D eigenvalue weighted by Crippen LogP contribution is -2.46. The van der Waals surface area contributed by atoms with Crippen LogP contribution in [0.4, 0.5) is 0 Å². The summed E-state index contributed by atoms with van der Waals surface area (Å²) < 4.78 is 4.90. The fourth-order valence-corrected chi connectivity index (χ4v) is 3.57. The van der Waals surface area contributed by atoms with Gasteiger partial charge in [0.25, 0.3) is 0 Å². The van der Waals surface area contributed by atoms with Crippen LogP contribution in [0.15, 0.2) is 0 Å². The third kappa shape index (κ3) is 3.01. The smallest absolute Gasteiger partial charge is 0.308 e. The van der Waals surface area contributed by atoms with E-state index in [4.69, 9.17) is 4.74 Å². The van der Waals surface area contributed by atoms with Crippen molar-refractivity contribution in [2.24, 2.45) is 11.8 Å². The Labute approximate surface area is 105 Å². The molecular formula is C14H25NO2. The molecule has 1 aliphatic heterocycles. The van der Waals surface area contributed by atoms with Crippen LogP contribution in [-0.4, -0.2) is 37.6 Å². The number of carbonyl (C=O) groups excluding carboxylic acids is 1. The van der Waals surface area contributed by atoms with Crippen molar-refractivity contribution in [3.8, 4) is 0 Å². The third-order valence-corrected chi connectivity index (χ3v) is 4.65. The largest absolute Gasteiger partial charge is 0.469 e. The normalized spacial score (nSPS) is 32.4. The zero-order chi connectivity index (χ0) is 12.3. The van der Waals surface area contributed by atoms with Gasteiger partial charge in [0.1, 0.15) is 0 Å². The summed E-state index contributed by atoms with van der Waals surface area (Å²) in [5.41, 5.74) is 0. The van der Waals surface area contributed by atoms with E-state index in [0.717, 1.165) is 25.3 Å². The molecule has 2 unspecified atom stereocenters. The van der Waals surface area contributed by atoms with Crippen molar-refractivity contribution in [3.63, 3.8) is 0 Å². The highest BCUT2D eigenvalue weighted by Gasteiger charge is 2.35. The molecule has 0 N–H and O–H groups in total. The van der Waals surface area contributed by atoms with Crippen molar-refractivity contribution in [2.75, 3.05) is 20.7 Å². The highest BCUT2D eigenvalue weighted by Crippen LogP contribution is 2.35. The molecule has 98 valence electrons. The molecule has 2 aliphatic rings. The molecule has 3 nitrogen and oxygen atoms in total. The number of hydrogen-bond acceptors (Lipinski definition) is 3. The molecule has 0 aromatic heterocycles. The SMILES string of the molecule is COC(=O)C1CCN(C)C(C2CCCCC2)C1. The summed E-state index contributed by atoms with van der Waals surface area (Å²) in [5, 5.41) is 0. The van der Waals surface area contributed by atoms with Crippen molar-refractivity contribution < 1.29 is 9.53 Å². The maximum absolute atomic E-state index is 11.7. The number of piperidine rings is 1. The number of rotatable bonds is 2. The van der Waals surface area contributed by atoms with E-state index in [1.54, 1.807) is 0 Å². The summed E-state index contributed by atoms with van der Waals surface area (Å²) in [7, 11) is 3.73. The number of esters is 1. The van der Waals surface area contributed by atoms with Gasteiger partial charge < -0.3 is 9.64 Å². The molecule has 2 atom stereocenters. The van der Waals surface area contributed by atoms with Crippen LogP contribution < -0.4 is 0 Å². The second kappa shape index (κ2) is 5.85. The number of carbonyl (C=O) groups is 1. The van der Waals surface area contributed by atoms with Crippen LogP contribution in [0.2, 0.25) is 0 Å². The number of methoxy groups -OCH3 is 1. The molecule has 0 radical (unpaired) electrons. The second-order valence-corrected chi connectivity index (χ2v) is 5.69. The number of ether oxygens (including phenoxy) is 1. The highest BCUT2D eigenvalue weighted by atomic mass is 16.5. The molecule has 3 heteroatoms. The summed E-state index contributed by atoms with van der Waals surface area (Å²) >= 11 is 0. The van der Waals surface area contributed by atoms with Gasteiger partial charge in [0.2, 0.25) is 0 Å². The van der Waals surface area contributed by atoms with Gasteiger partial charge in [-0.25, -0.2) is 0 Å². The quantitative estimate of drug-likeness (QED) is 0.693. The molecule has 1 saturated heterocycles. The highest BCUT2D eigenvalue weighted by molar-refractivity contribution is 5.72. The van der Waals surface area contributed by atoms with Crippen molar-refractivity contribution in [1.29, 1.82) is 0 Å². The molecule has 2 rings (SSSR count). The molecule has 1 heterocycles. The summed E-state index contributed by atoms with van der Waals surface area (Å²) in [6, 6.07) is 0.605. The standard InChI is InChI=1S/C14H25NO2/c1-15-9-8-12(14(16)17-2)10-13(15)11-6-4-3-5-7-11/h11-13H,3-10H2,1-2H3. The van der Waals surface area contributed by atoms with Gasteiger partial charge in [0.15, 0.2) is 0 Å². The van der Waals surface area contributed by atoms with Gasteiger partial charge >= 0.3 is 5.97 Å². The van der Waals surface area contributed by atoms with Crippen molar-refractivity contribution in [3.05, 3.63) is 0 Å². The van der Waals surface area contributed by atoms with Crippen LogP contribution in [0.25, 0.3) is 0 Å². The number of likely N-dealkylation sites (tertiary alicyclic amines) is 1. The number of nitrogens with zero attached hydrogens (tertiary/aromatic N) is 1. The molecule has 17 heavy (non-hydrogen) atoms. The lowest BCUT2D eigenvalue weighted by atomic mass is 9.77. The van der Waals surface area contributed by atoms with Crippen LogP contribution in [0.3, 0.4) is 0 Å². The molecule has 0 aromatic carbocycles. The van der Waals surface area contributed by atoms with E-state index in [0.29, 0.717) is 6.04 Å². The minimum Gasteiger partial charge on any atom is -0.469 e. The van der Waals surface area contributed by atoms with E-state index < -0.39 is 0 Å². The Hall–Kier alpha value is -0.570. The van der Waals surface area contributed by atoms with Crippen LogP contribution in [0.1, 0.15) is 44.9 Å². The lowest BCUT2D eigenvalue weighted by Gasteiger charge is -2.42.